The quantitative estimate of drug-likeness (QED) is 0.795. The van der Waals surface area contributed by atoms with Crippen LogP contribution < -0.4 is 5.32 Å². The number of esters is 1. The number of nitrogens with zero attached hydrogens (tertiary/aromatic N) is 1. The van der Waals surface area contributed by atoms with Crippen LogP contribution >= 0.6 is 0 Å². The fraction of sp³-hybridized carbons (Fsp3) is 0.500. The van der Waals surface area contributed by atoms with Gasteiger partial charge in [0.15, 0.2) is 0 Å². The monoisotopic (exact) mass is 280 g/mol. The molecule has 1 rings (SSSR count). The van der Waals surface area contributed by atoms with Gasteiger partial charge in [-0.05, 0) is 25.0 Å². The van der Waals surface area contributed by atoms with E-state index in [0.29, 0.717) is 12.0 Å². The number of rotatable bonds is 6. The molecule has 6 heteroatoms. The first-order valence-corrected chi connectivity index (χ1v) is 6.32. The summed E-state index contributed by atoms with van der Waals surface area (Å²) in [6.07, 6.45) is 3.57. The SMILES string of the molecule is CCC(C)(OC)C(=O)NCc1cncc(C(=O)OC)c1. The Morgan fingerprint density at radius 3 is 2.60 bits per heavy atom. The van der Waals surface area contributed by atoms with Crippen molar-refractivity contribution in [3.8, 4) is 0 Å². The van der Waals surface area contributed by atoms with Crippen molar-refractivity contribution in [3.05, 3.63) is 29.6 Å². The maximum absolute atomic E-state index is 12.0. The molecule has 20 heavy (non-hydrogen) atoms. The summed E-state index contributed by atoms with van der Waals surface area (Å²) in [5.74, 6) is -0.660. The van der Waals surface area contributed by atoms with Gasteiger partial charge >= 0.3 is 5.97 Å². The molecular formula is C14H20N2O4. The molecule has 0 saturated heterocycles. The van der Waals surface area contributed by atoms with Gasteiger partial charge in [-0.15, -0.1) is 0 Å². The minimum Gasteiger partial charge on any atom is -0.465 e. The molecule has 110 valence electrons. The van der Waals surface area contributed by atoms with Crippen molar-refractivity contribution < 1.29 is 19.1 Å². The molecule has 1 aromatic heterocycles. The van der Waals surface area contributed by atoms with Crippen LogP contribution in [0.4, 0.5) is 0 Å². The number of nitrogens with one attached hydrogen (secondary N) is 1. The van der Waals surface area contributed by atoms with Crippen molar-refractivity contribution in [1.82, 2.24) is 10.3 Å². The lowest BCUT2D eigenvalue weighted by Crippen LogP contribution is -2.45. The number of amides is 1. The van der Waals surface area contributed by atoms with Crippen LogP contribution in [0.5, 0.6) is 0 Å². The molecule has 1 unspecified atom stereocenters. The van der Waals surface area contributed by atoms with Crippen LogP contribution in [-0.4, -0.2) is 36.7 Å². The molecule has 0 aliphatic carbocycles. The first kappa shape index (κ1) is 16.1. The largest absolute Gasteiger partial charge is 0.465 e. The summed E-state index contributed by atoms with van der Waals surface area (Å²) < 4.78 is 9.83. The minimum absolute atomic E-state index is 0.203. The molecule has 0 fully saturated rings. The number of aromatic nitrogens is 1. The average Bonchev–Trinajstić information content (AvgIpc) is 2.51. The third-order valence-corrected chi connectivity index (χ3v) is 3.27. The van der Waals surface area contributed by atoms with Gasteiger partial charge in [0.25, 0.3) is 5.91 Å². The molecule has 1 aromatic rings. The molecule has 1 amide bonds. The summed E-state index contributed by atoms with van der Waals surface area (Å²) >= 11 is 0. The Labute approximate surface area is 118 Å². The number of hydrogen-bond donors (Lipinski definition) is 1. The van der Waals surface area contributed by atoms with Crippen molar-refractivity contribution in [2.75, 3.05) is 14.2 Å². The van der Waals surface area contributed by atoms with E-state index in [1.807, 2.05) is 6.92 Å². The fourth-order valence-electron chi connectivity index (χ4n) is 1.58. The highest BCUT2D eigenvalue weighted by molar-refractivity contribution is 5.89. The van der Waals surface area contributed by atoms with E-state index < -0.39 is 11.6 Å². The average molecular weight is 280 g/mol. The Hall–Kier alpha value is -1.95. The van der Waals surface area contributed by atoms with Gasteiger partial charge in [0.05, 0.1) is 12.7 Å². The molecule has 1 heterocycles. The highest BCUT2D eigenvalue weighted by Crippen LogP contribution is 2.14. The summed E-state index contributed by atoms with van der Waals surface area (Å²) in [5.41, 5.74) is 0.216. The van der Waals surface area contributed by atoms with E-state index in [4.69, 9.17) is 4.74 Å². The lowest BCUT2D eigenvalue weighted by molar-refractivity contribution is -0.142. The second-order valence-electron chi connectivity index (χ2n) is 4.54. The predicted octanol–water partition coefficient (Wildman–Crippen LogP) is 1.30. The van der Waals surface area contributed by atoms with Crippen LogP contribution in [0.2, 0.25) is 0 Å². The number of carbonyl (C=O) groups is 2. The number of carbonyl (C=O) groups excluding carboxylic acids is 2. The van der Waals surface area contributed by atoms with Gasteiger partial charge < -0.3 is 14.8 Å². The van der Waals surface area contributed by atoms with Gasteiger partial charge in [0, 0.05) is 26.0 Å². The highest BCUT2D eigenvalue weighted by Gasteiger charge is 2.30. The Morgan fingerprint density at radius 2 is 2.05 bits per heavy atom. The molecule has 0 saturated carbocycles. The van der Waals surface area contributed by atoms with E-state index in [1.54, 1.807) is 19.2 Å². The molecule has 6 nitrogen and oxygen atoms in total. The van der Waals surface area contributed by atoms with Crippen LogP contribution in [0, 0.1) is 0 Å². The van der Waals surface area contributed by atoms with Crippen molar-refractivity contribution in [2.24, 2.45) is 0 Å². The van der Waals surface area contributed by atoms with Gasteiger partial charge in [-0.3, -0.25) is 9.78 Å². The zero-order chi connectivity index (χ0) is 15.2. The van der Waals surface area contributed by atoms with E-state index in [1.165, 1.54) is 20.4 Å². The summed E-state index contributed by atoms with van der Waals surface area (Å²) in [6, 6.07) is 1.63. The Bertz CT molecular complexity index is 484. The lowest BCUT2D eigenvalue weighted by atomic mass is 10.0. The molecule has 1 N–H and O–H groups in total. The normalized spacial score (nSPS) is 13.4. The van der Waals surface area contributed by atoms with Gasteiger partial charge in [0.2, 0.25) is 0 Å². The molecule has 1 atom stereocenters. The number of methoxy groups -OCH3 is 2. The summed E-state index contributed by atoms with van der Waals surface area (Å²) in [4.78, 5) is 27.4. The van der Waals surface area contributed by atoms with E-state index in [2.05, 4.69) is 15.0 Å². The minimum atomic E-state index is -0.854. The molecule has 0 spiro atoms. The first-order valence-electron chi connectivity index (χ1n) is 6.32. The van der Waals surface area contributed by atoms with Gasteiger partial charge in [-0.1, -0.05) is 6.92 Å². The lowest BCUT2D eigenvalue weighted by Gasteiger charge is -2.25. The van der Waals surface area contributed by atoms with Crippen molar-refractivity contribution >= 4 is 11.9 Å². The zero-order valence-corrected chi connectivity index (χ0v) is 12.2. The number of ether oxygens (including phenoxy) is 2. The maximum atomic E-state index is 12.0. The summed E-state index contributed by atoms with van der Waals surface area (Å²) in [5, 5.41) is 2.77. The maximum Gasteiger partial charge on any atom is 0.339 e. The zero-order valence-electron chi connectivity index (χ0n) is 12.2. The Morgan fingerprint density at radius 1 is 1.35 bits per heavy atom. The second kappa shape index (κ2) is 7.00. The van der Waals surface area contributed by atoms with Crippen LogP contribution in [0.1, 0.15) is 36.2 Å². The smallest absolute Gasteiger partial charge is 0.339 e. The van der Waals surface area contributed by atoms with Crippen molar-refractivity contribution in [2.45, 2.75) is 32.4 Å². The van der Waals surface area contributed by atoms with E-state index >= 15 is 0 Å². The van der Waals surface area contributed by atoms with Crippen molar-refractivity contribution in [3.63, 3.8) is 0 Å². The van der Waals surface area contributed by atoms with E-state index in [9.17, 15) is 9.59 Å². The van der Waals surface area contributed by atoms with E-state index in [-0.39, 0.29) is 12.5 Å². The van der Waals surface area contributed by atoms with Crippen LogP contribution in [0.15, 0.2) is 18.5 Å². The Kier molecular flexibility index (Phi) is 5.64. The molecule has 0 bridgehead atoms. The van der Waals surface area contributed by atoms with Crippen LogP contribution in [0.25, 0.3) is 0 Å². The number of hydrogen-bond acceptors (Lipinski definition) is 5. The van der Waals surface area contributed by atoms with Crippen LogP contribution in [0.3, 0.4) is 0 Å². The summed E-state index contributed by atoms with van der Waals surface area (Å²) in [7, 11) is 2.81. The molecule has 0 radical (unpaired) electrons. The predicted molar refractivity (Wildman–Crippen MR) is 73.1 cm³/mol. The third kappa shape index (κ3) is 3.77. The van der Waals surface area contributed by atoms with Gasteiger partial charge in [-0.2, -0.15) is 0 Å². The van der Waals surface area contributed by atoms with Gasteiger partial charge in [-0.25, -0.2) is 4.79 Å². The molecule has 0 aromatic carbocycles. The Balaban J connectivity index is 2.71. The topological polar surface area (TPSA) is 77.5 Å². The fourth-order valence-corrected chi connectivity index (χ4v) is 1.58. The summed E-state index contributed by atoms with van der Waals surface area (Å²) in [6.45, 7) is 3.88. The second-order valence-corrected chi connectivity index (χ2v) is 4.54. The van der Waals surface area contributed by atoms with Gasteiger partial charge in [0.1, 0.15) is 5.60 Å². The van der Waals surface area contributed by atoms with E-state index in [0.717, 1.165) is 5.56 Å². The van der Waals surface area contributed by atoms with Crippen molar-refractivity contribution in [1.29, 1.82) is 0 Å². The van der Waals surface area contributed by atoms with Crippen LogP contribution in [-0.2, 0) is 20.8 Å². The molecule has 0 aliphatic rings. The third-order valence-electron chi connectivity index (χ3n) is 3.27. The molecule has 0 aliphatic heterocycles. The standard InChI is InChI=1S/C14H20N2O4/c1-5-14(2,20-4)13(18)16-8-10-6-11(9-15-7-10)12(17)19-3/h6-7,9H,5,8H2,1-4H3,(H,16,18). The highest BCUT2D eigenvalue weighted by atomic mass is 16.5. The first-order chi connectivity index (χ1) is 9.46. The molecular weight excluding hydrogens is 260 g/mol. The number of pyridine rings is 1.